The number of nitrogens with one attached hydrogen (secondary N) is 5. The fourth-order valence-corrected chi connectivity index (χ4v) is 4.43. The number of carboxylic acids is 1. The summed E-state index contributed by atoms with van der Waals surface area (Å²) in [5, 5.41) is 31.8. The van der Waals surface area contributed by atoms with Crippen LogP contribution in [0.3, 0.4) is 0 Å². The molecule has 0 aliphatic carbocycles. The number of hydrogen-bond donors (Lipinski definition) is 9. The molecule has 0 spiro atoms. The number of hydrogen-bond acceptors (Lipinski definition) is 9. The van der Waals surface area contributed by atoms with E-state index in [1.165, 1.54) is 20.8 Å². The van der Waals surface area contributed by atoms with Crippen molar-refractivity contribution in [3.63, 3.8) is 0 Å². The number of carbonyl (C=O) groups is 7. The van der Waals surface area contributed by atoms with Gasteiger partial charge in [-0.1, -0.05) is 60.7 Å². The average molecular weight is 670 g/mol. The number of rotatable bonds is 18. The highest BCUT2D eigenvalue weighted by atomic mass is 16.4. The second-order valence-corrected chi connectivity index (χ2v) is 11.3. The molecule has 0 unspecified atom stereocenters. The van der Waals surface area contributed by atoms with E-state index in [0.29, 0.717) is 11.1 Å². The topological polar surface area (TPSA) is 272 Å². The van der Waals surface area contributed by atoms with E-state index in [0.717, 1.165) is 0 Å². The van der Waals surface area contributed by atoms with Crippen molar-refractivity contribution >= 4 is 41.4 Å². The maximum absolute atomic E-state index is 13.3. The summed E-state index contributed by atoms with van der Waals surface area (Å²) in [5.41, 5.74) is 12.0. The predicted octanol–water partition coefficient (Wildman–Crippen LogP) is -2.40. The molecule has 0 radical (unpaired) electrons. The Morgan fingerprint density at radius 2 is 1.06 bits per heavy atom. The van der Waals surface area contributed by atoms with E-state index >= 15 is 0 Å². The molecule has 2 aromatic rings. The molecule has 2 rings (SSSR count). The van der Waals surface area contributed by atoms with Crippen molar-refractivity contribution in [2.24, 2.45) is 11.5 Å². The number of amides is 6. The van der Waals surface area contributed by atoms with E-state index in [1.807, 2.05) is 0 Å². The van der Waals surface area contributed by atoms with Crippen LogP contribution in [0.15, 0.2) is 60.7 Å². The number of nitrogens with two attached hydrogens (primary N) is 2. The van der Waals surface area contributed by atoms with Crippen molar-refractivity contribution in [1.82, 2.24) is 26.6 Å². The number of primary amides is 1. The summed E-state index contributed by atoms with van der Waals surface area (Å²) in [4.78, 5) is 87.4. The Balaban J connectivity index is 2.08. The van der Waals surface area contributed by atoms with Crippen LogP contribution in [0.25, 0.3) is 0 Å². The molecule has 0 fully saturated rings. The first-order valence-electron chi connectivity index (χ1n) is 15.1. The van der Waals surface area contributed by atoms with Gasteiger partial charge in [0.15, 0.2) is 0 Å². The molecular formula is C32H43N7O9. The van der Waals surface area contributed by atoms with Crippen LogP contribution >= 0.6 is 0 Å². The molecule has 6 amide bonds. The van der Waals surface area contributed by atoms with E-state index in [9.17, 15) is 43.8 Å². The number of aliphatic carboxylic acids is 1. The van der Waals surface area contributed by atoms with E-state index in [-0.39, 0.29) is 12.8 Å². The average Bonchev–Trinajstić information content (AvgIpc) is 3.02. The molecule has 7 atom stereocenters. The number of carbonyl (C=O) groups excluding carboxylic acids is 6. The van der Waals surface area contributed by atoms with Crippen molar-refractivity contribution in [1.29, 1.82) is 0 Å². The summed E-state index contributed by atoms with van der Waals surface area (Å²) in [6.45, 7) is 3.85. The van der Waals surface area contributed by atoms with Crippen molar-refractivity contribution in [2.75, 3.05) is 0 Å². The van der Waals surface area contributed by atoms with E-state index in [4.69, 9.17) is 11.5 Å². The largest absolute Gasteiger partial charge is 0.480 e. The first-order chi connectivity index (χ1) is 22.6. The van der Waals surface area contributed by atoms with Gasteiger partial charge in [-0.3, -0.25) is 28.8 Å². The van der Waals surface area contributed by atoms with Gasteiger partial charge in [0.25, 0.3) is 0 Å². The molecule has 16 heteroatoms. The van der Waals surface area contributed by atoms with Crippen LogP contribution in [-0.4, -0.2) is 94.0 Å². The van der Waals surface area contributed by atoms with Gasteiger partial charge in [-0.15, -0.1) is 0 Å². The Morgan fingerprint density at radius 1 is 0.625 bits per heavy atom. The van der Waals surface area contributed by atoms with Gasteiger partial charge in [0, 0.05) is 12.8 Å². The summed E-state index contributed by atoms with van der Waals surface area (Å²) in [6.07, 6.45) is -1.90. The minimum absolute atomic E-state index is 0.00373. The lowest BCUT2D eigenvalue weighted by atomic mass is 10.0. The number of aliphatic hydroxyl groups excluding tert-OH is 1. The van der Waals surface area contributed by atoms with Crippen LogP contribution in [-0.2, 0) is 46.4 Å². The quantitative estimate of drug-likeness (QED) is 0.0812. The fourth-order valence-electron chi connectivity index (χ4n) is 4.43. The molecule has 0 bridgehead atoms. The first kappa shape index (κ1) is 38.8. The molecule has 48 heavy (non-hydrogen) atoms. The number of carboxylic acid groups (broad SMARTS) is 1. The highest BCUT2D eigenvalue weighted by Crippen LogP contribution is 2.08. The Hall–Kier alpha value is -5.35. The minimum Gasteiger partial charge on any atom is -0.480 e. The molecule has 0 saturated carbocycles. The maximum atomic E-state index is 13.3. The van der Waals surface area contributed by atoms with Crippen LogP contribution in [0, 0.1) is 0 Å². The van der Waals surface area contributed by atoms with Gasteiger partial charge in [-0.25, -0.2) is 4.79 Å². The summed E-state index contributed by atoms with van der Waals surface area (Å²) in [5.74, 6) is -6.33. The molecule has 0 saturated heterocycles. The maximum Gasteiger partial charge on any atom is 0.326 e. The highest BCUT2D eigenvalue weighted by molar-refractivity contribution is 5.96. The van der Waals surface area contributed by atoms with Crippen LogP contribution in [0.4, 0.5) is 0 Å². The Morgan fingerprint density at radius 3 is 1.52 bits per heavy atom. The molecule has 0 heterocycles. The molecule has 0 aromatic heterocycles. The monoisotopic (exact) mass is 669 g/mol. The SMILES string of the molecule is C[C@H](NC(=O)[C@H](C)NC(=O)[C@@H](NC(=O)[C@@H](N)CC(N)=O)[C@@H](C)O)C(=O)N[C@@H](Cc1ccccc1)C(=O)N[C@@H](Cc1ccccc1)C(=O)O. The third-order valence-electron chi connectivity index (χ3n) is 7.14. The number of benzene rings is 2. The Kier molecular flexibility index (Phi) is 15.1. The van der Waals surface area contributed by atoms with E-state index in [2.05, 4.69) is 26.6 Å². The van der Waals surface area contributed by atoms with Gasteiger partial charge in [0.05, 0.1) is 18.6 Å². The number of aliphatic hydroxyl groups is 1. The van der Waals surface area contributed by atoms with Gasteiger partial charge >= 0.3 is 5.97 Å². The zero-order valence-electron chi connectivity index (χ0n) is 26.8. The summed E-state index contributed by atoms with van der Waals surface area (Å²) in [7, 11) is 0. The smallest absolute Gasteiger partial charge is 0.326 e. The molecule has 2 aromatic carbocycles. The van der Waals surface area contributed by atoms with Crippen molar-refractivity contribution in [2.45, 2.75) is 82.4 Å². The highest BCUT2D eigenvalue weighted by Gasteiger charge is 2.32. The lowest BCUT2D eigenvalue weighted by Crippen LogP contribution is -2.60. The van der Waals surface area contributed by atoms with Gasteiger partial charge in [-0.2, -0.15) is 0 Å². The van der Waals surface area contributed by atoms with E-state index < -0.39 is 90.2 Å². The minimum atomic E-state index is -1.54. The lowest BCUT2D eigenvalue weighted by molar-refractivity contribution is -0.142. The van der Waals surface area contributed by atoms with Gasteiger partial charge in [0.1, 0.15) is 30.2 Å². The molecular weight excluding hydrogens is 626 g/mol. The molecule has 0 aliphatic rings. The zero-order chi connectivity index (χ0) is 36.0. The normalized spacial score (nSPS) is 15.2. The van der Waals surface area contributed by atoms with Crippen molar-refractivity contribution < 1.29 is 43.8 Å². The van der Waals surface area contributed by atoms with Crippen molar-refractivity contribution in [3.8, 4) is 0 Å². The van der Waals surface area contributed by atoms with Crippen molar-refractivity contribution in [3.05, 3.63) is 71.8 Å². The summed E-state index contributed by atoms with van der Waals surface area (Å²) >= 11 is 0. The van der Waals surface area contributed by atoms with Crippen LogP contribution in [0.2, 0.25) is 0 Å². The van der Waals surface area contributed by atoms with Crippen LogP contribution in [0.5, 0.6) is 0 Å². The molecule has 16 nitrogen and oxygen atoms in total. The second-order valence-electron chi connectivity index (χ2n) is 11.3. The Labute approximate surface area is 277 Å². The van der Waals surface area contributed by atoms with Crippen LogP contribution < -0.4 is 38.1 Å². The Bertz CT molecular complexity index is 1440. The summed E-state index contributed by atoms with van der Waals surface area (Å²) < 4.78 is 0. The standard InChI is InChI=1S/C32H43N7O9/c1-17(36-31(46)26(19(3)40)39-29(44)22(33)16-25(34)41)27(42)35-18(2)28(43)37-23(14-20-10-6-4-7-11-20)30(45)38-24(32(47)48)15-21-12-8-5-9-13-21/h4-13,17-19,22-24,26,40H,14-16,33H2,1-3H3,(H2,34,41)(H,35,42)(H,36,46)(H,37,43)(H,38,45)(H,39,44)(H,47,48)/t17-,18-,19+,22-,23-,24-,26-/m0/s1. The van der Waals surface area contributed by atoms with Gasteiger partial charge in [0.2, 0.25) is 35.4 Å². The zero-order valence-corrected chi connectivity index (χ0v) is 26.8. The van der Waals surface area contributed by atoms with Crippen LogP contribution in [0.1, 0.15) is 38.3 Å². The third kappa shape index (κ3) is 12.8. The second kappa shape index (κ2) is 18.7. The van der Waals surface area contributed by atoms with Gasteiger partial charge in [-0.05, 0) is 31.9 Å². The lowest BCUT2D eigenvalue weighted by Gasteiger charge is -2.25. The van der Waals surface area contributed by atoms with Gasteiger partial charge < -0.3 is 48.3 Å². The fraction of sp³-hybridized carbons (Fsp3) is 0.406. The third-order valence-corrected chi connectivity index (χ3v) is 7.14. The first-order valence-corrected chi connectivity index (χ1v) is 15.1. The summed E-state index contributed by atoms with van der Waals surface area (Å²) in [6, 6.07) is 9.52. The molecule has 11 N–H and O–H groups in total. The molecule has 0 aliphatic heterocycles. The predicted molar refractivity (Wildman–Crippen MR) is 172 cm³/mol. The molecule has 260 valence electrons. The van der Waals surface area contributed by atoms with E-state index in [1.54, 1.807) is 60.7 Å².